The van der Waals surface area contributed by atoms with Gasteiger partial charge in [0, 0.05) is 6.42 Å². The van der Waals surface area contributed by atoms with E-state index in [2.05, 4.69) is 12.3 Å². The van der Waals surface area contributed by atoms with Gasteiger partial charge in [0.25, 0.3) is 0 Å². The van der Waals surface area contributed by atoms with E-state index in [9.17, 15) is 4.79 Å². The van der Waals surface area contributed by atoms with E-state index in [1.165, 1.54) is 25.7 Å². The number of ether oxygens (including phenoxy) is 1. The number of nitrogens with one attached hydrogen (secondary N) is 1. The second-order valence-electron chi connectivity index (χ2n) is 4.97. The third-order valence-corrected chi connectivity index (χ3v) is 3.24. The van der Waals surface area contributed by atoms with Crippen molar-refractivity contribution in [2.24, 2.45) is 5.84 Å². The van der Waals surface area contributed by atoms with E-state index >= 15 is 0 Å². The normalized spacial score (nSPS) is 10.3. The van der Waals surface area contributed by atoms with Crippen LogP contribution in [-0.2, 0) is 11.2 Å². The van der Waals surface area contributed by atoms with Crippen LogP contribution in [0.1, 0.15) is 51.0 Å². The second kappa shape index (κ2) is 10.3. The van der Waals surface area contributed by atoms with E-state index in [1.807, 2.05) is 24.3 Å². The maximum atomic E-state index is 11.0. The van der Waals surface area contributed by atoms with Gasteiger partial charge in [-0.3, -0.25) is 10.2 Å². The molecule has 0 aliphatic carbocycles. The number of hydrogen-bond acceptors (Lipinski definition) is 3. The van der Waals surface area contributed by atoms with Crippen LogP contribution in [0, 0.1) is 0 Å². The Kier molecular flexibility index (Phi) is 8.47. The molecule has 4 heteroatoms. The third kappa shape index (κ3) is 7.14. The lowest BCUT2D eigenvalue weighted by molar-refractivity contribution is -0.121. The van der Waals surface area contributed by atoms with Gasteiger partial charge in [0.2, 0.25) is 5.91 Å². The predicted octanol–water partition coefficient (Wildman–Crippen LogP) is 2.96. The van der Waals surface area contributed by atoms with Crippen LogP contribution in [0.15, 0.2) is 24.3 Å². The Morgan fingerprint density at radius 1 is 1.15 bits per heavy atom. The second-order valence-corrected chi connectivity index (χ2v) is 4.97. The van der Waals surface area contributed by atoms with Crippen LogP contribution in [0.2, 0.25) is 0 Å². The highest BCUT2D eigenvalue weighted by Gasteiger charge is 2.00. The smallest absolute Gasteiger partial charge is 0.234 e. The average molecular weight is 278 g/mol. The van der Waals surface area contributed by atoms with Crippen molar-refractivity contribution in [3.8, 4) is 5.75 Å². The van der Waals surface area contributed by atoms with Crippen LogP contribution in [0.5, 0.6) is 5.75 Å². The first-order valence-corrected chi connectivity index (χ1v) is 7.47. The van der Waals surface area contributed by atoms with Crippen molar-refractivity contribution < 1.29 is 9.53 Å². The number of unbranched alkanes of at least 4 members (excludes halogenated alkanes) is 4. The van der Waals surface area contributed by atoms with Gasteiger partial charge in [-0.25, -0.2) is 5.84 Å². The maximum absolute atomic E-state index is 11.0. The van der Waals surface area contributed by atoms with Crippen LogP contribution in [0.3, 0.4) is 0 Å². The summed E-state index contributed by atoms with van der Waals surface area (Å²) in [5.74, 6) is 5.79. The Morgan fingerprint density at radius 3 is 2.50 bits per heavy atom. The van der Waals surface area contributed by atoms with Gasteiger partial charge < -0.3 is 4.74 Å². The number of rotatable bonds is 10. The zero-order chi connectivity index (χ0) is 14.6. The summed E-state index contributed by atoms with van der Waals surface area (Å²) < 4.78 is 5.69. The van der Waals surface area contributed by atoms with Crippen molar-refractivity contribution >= 4 is 5.91 Å². The first-order chi connectivity index (χ1) is 9.76. The molecule has 0 saturated carbocycles. The Morgan fingerprint density at radius 2 is 1.85 bits per heavy atom. The lowest BCUT2D eigenvalue weighted by Crippen LogP contribution is -2.30. The average Bonchev–Trinajstić information content (AvgIpc) is 2.49. The van der Waals surface area contributed by atoms with Crippen LogP contribution < -0.4 is 16.0 Å². The van der Waals surface area contributed by atoms with Gasteiger partial charge in [0.15, 0.2) is 0 Å². The molecule has 0 atom stereocenters. The number of hydrogen-bond donors (Lipinski definition) is 2. The van der Waals surface area contributed by atoms with Crippen LogP contribution >= 0.6 is 0 Å². The summed E-state index contributed by atoms with van der Waals surface area (Å²) in [5.41, 5.74) is 3.25. The molecule has 0 bridgehead atoms. The van der Waals surface area contributed by atoms with Crippen LogP contribution in [0.4, 0.5) is 0 Å². The largest absolute Gasteiger partial charge is 0.494 e. The quantitative estimate of drug-likeness (QED) is 0.299. The third-order valence-electron chi connectivity index (χ3n) is 3.24. The summed E-state index contributed by atoms with van der Waals surface area (Å²) >= 11 is 0. The zero-order valence-corrected chi connectivity index (χ0v) is 12.4. The first-order valence-electron chi connectivity index (χ1n) is 7.47. The summed E-state index contributed by atoms with van der Waals surface area (Å²) in [6.07, 6.45) is 7.32. The van der Waals surface area contributed by atoms with E-state index < -0.39 is 0 Å². The molecule has 3 N–H and O–H groups in total. The molecule has 1 aromatic rings. The Balaban J connectivity index is 2.19. The fourth-order valence-corrected chi connectivity index (χ4v) is 1.98. The lowest BCUT2D eigenvalue weighted by Gasteiger charge is -2.07. The SMILES string of the molecule is CCCCCCCOc1ccc(CCC(=O)NN)cc1. The standard InChI is InChI=1S/C16H26N2O2/c1-2-3-4-5-6-13-20-15-10-7-14(8-11-15)9-12-16(19)18-17/h7-8,10-11H,2-6,9,12-13,17H2,1H3,(H,18,19). The summed E-state index contributed by atoms with van der Waals surface area (Å²) in [5, 5.41) is 0. The van der Waals surface area contributed by atoms with E-state index in [-0.39, 0.29) is 5.91 Å². The molecular formula is C16H26N2O2. The maximum Gasteiger partial charge on any atom is 0.234 e. The molecule has 0 saturated heterocycles. The van der Waals surface area contributed by atoms with Crippen LogP contribution in [-0.4, -0.2) is 12.5 Å². The Hall–Kier alpha value is -1.55. The molecule has 0 spiro atoms. The fraction of sp³-hybridized carbons (Fsp3) is 0.562. The zero-order valence-electron chi connectivity index (χ0n) is 12.4. The molecule has 0 aromatic heterocycles. The van der Waals surface area contributed by atoms with Crippen molar-refractivity contribution in [2.75, 3.05) is 6.61 Å². The lowest BCUT2D eigenvalue weighted by atomic mass is 10.1. The molecule has 0 aliphatic heterocycles. The number of carbonyl (C=O) groups excluding carboxylic acids is 1. The summed E-state index contributed by atoms with van der Waals surface area (Å²) in [7, 11) is 0. The Labute approximate surface area is 121 Å². The number of carbonyl (C=O) groups is 1. The summed E-state index contributed by atoms with van der Waals surface area (Å²) in [4.78, 5) is 11.0. The molecule has 0 radical (unpaired) electrons. The highest BCUT2D eigenvalue weighted by atomic mass is 16.5. The topological polar surface area (TPSA) is 64.3 Å². The van der Waals surface area contributed by atoms with Crippen molar-refractivity contribution in [3.05, 3.63) is 29.8 Å². The predicted molar refractivity (Wildman–Crippen MR) is 81.3 cm³/mol. The molecule has 0 heterocycles. The van der Waals surface area contributed by atoms with Crippen molar-refractivity contribution in [1.82, 2.24) is 5.43 Å². The van der Waals surface area contributed by atoms with Gasteiger partial charge in [-0.05, 0) is 30.5 Å². The molecule has 1 rings (SSSR count). The monoisotopic (exact) mass is 278 g/mol. The Bertz CT molecular complexity index is 377. The minimum Gasteiger partial charge on any atom is -0.494 e. The number of amides is 1. The summed E-state index contributed by atoms with van der Waals surface area (Å²) in [6.45, 7) is 2.99. The molecule has 1 amide bonds. The van der Waals surface area contributed by atoms with E-state index in [0.717, 1.165) is 24.3 Å². The molecule has 0 aliphatic rings. The number of benzene rings is 1. The number of hydrazine groups is 1. The molecule has 20 heavy (non-hydrogen) atoms. The molecule has 112 valence electrons. The van der Waals surface area contributed by atoms with Gasteiger partial charge in [0.05, 0.1) is 6.61 Å². The van der Waals surface area contributed by atoms with Gasteiger partial charge in [0.1, 0.15) is 5.75 Å². The fourth-order valence-electron chi connectivity index (χ4n) is 1.98. The van der Waals surface area contributed by atoms with Gasteiger partial charge in [-0.2, -0.15) is 0 Å². The van der Waals surface area contributed by atoms with E-state index in [0.29, 0.717) is 12.8 Å². The first kappa shape index (κ1) is 16.5. The molecular weight excluding hydrogens is 252 g/mol. The number of aryl methyl sites for hydroxylation is 1. The minimum absolute atomic E-state index is 0.141. The minimum atomic E-state index is -0.141. The van der Waals surface area contributed by atoms with Gasteiger partial charge >= 0.3 is 0 Å². The number of nitrogens with two attached hydrogens (primary N) is 1. The summed E-state index contributed by atoms with van der Waals surface area (Å²) in [6, 6.07) is 7.91. The van der Waals surface area contributed by atoms with Crippen molar-refractivity contribution in [2.45, 2.75) is 51.9 Å². The van der Waals surface area contributed by atoms with Gasteiger partial charge in [-0.1, -0.05) is 44.7 Å². The van der Waals surface area contributed by atoms with Crippen molar-refractivity contribution in [3.63, 3.8) is 0 Å². The van der Waals surface area contributed by atoms with E-state index in [1.54, 1.807) is 0 Å². The molecule has 4 nitrogen and oxygen atoms in total. The molecule has 1 aromatic carbocycles. The van der Waals surface area contributed by atoms with E-state index in [4.69, 9.17) is 10.6 Å². The molecule has 0 fully saturated rings. The van der Waals surface area contributed by atoms with Crippen molar-refractivity contribution in [1.29, 1.82) is 0 Å². The molecule has 0 unspecified atom stereocenters. The highest BCUT2D eigenvalue weighted by Crippen LogP contribution is 2.14. The van der Waals surface area contributed by atoms with Gasteiger partial charge in [-0.15, -0.1) is 0 Å². The highest BCUT2D eigenvalue weighted by molar-refractivity contribution is 5.75. The van der Waals surface area contributed by atoms with Crippen LogP contribution in [0.25, 0.3) is 0 Å².